The molecule has 1 aromatic heterocycles. The van der Waals surface area contributed by atoms with Crippen molar-refractivity contribution in [1.29, 1.82) is 0 Å². The molecule has 0 aliphatic heterocycles. The molecule has 0 saturated heterocycles. The van der Waals surface area contributed by atoms with Crippen LogP contribution in [0.5, 0.6) is 0 Å². The Morgan fingerprint density at radius 2 is 1.36 bits per heavy atom. The van der Waals surface area contributed by atoms with Gasteiger partial charge in [0, 0.05) is 30.9 Å². The van der Waals surface area contributed by atoms with E-state index >= 15 is 0 Å². The monoisotopic (exact) mass is 483 g/mol. The van der Waals surface area contributed by atoms with Crippen LogP contribution in [0.3, 0.4) is 0 Å². The average molecular weight is 484 g/mol. The van der Waals surface area contributed by atoms with Gasteiger partial charge in [0.25, 0.3) is 10.0 Å². The zero-order valence-electron chi connectivity index (χ0n) is 17.8. The summed E-state index contributed by atoms with van der Waals surface area (Å²) in [7, 11) is -4.62. The maximum Gasteiger partial charge on any atom is 0.261 e. The zero-order chi connectivity index (χ0) is 23.6. The number of anilines is 1. The second kappa shape index (κ2) is 8.81. The van der Waals surface area contributed by atoms with Gasteiger partial charge in [0.1, 0.15) is 0 Å². The molecule has 0 saturated carbocycles. The summed E-state index contributed by atoms with van der Waals surface area (Å²) in [6, 6.07) is 21.2. The number of hydrogen-bond acceptors (Lipinski definition) is 6. The largest absolute Gasteiger partial charge is 0.436 e. The molecule has 1 N–H and O–H groups in total. The summed E-state index contributed by atoms with van der Waals surface area (Å²) in [5.41, 5.74) is 1.77. The molecule has 0 radical (unpaired) electrons. The van der Waals surface area contributed by atoms with Crippen LogP contribution < -0.4 is 4.72 Å². The van der Waals surface area contributed by atoms with Gasteiger partial charge in [0.15, 0.2) is 5.76 Å². The molecule has 0 bridgehead atoms. The topological polar surface area (TPSA) is 110 Å². The summed E-state index contributed by atoms with van der Waals surface area (Å²) in [5, 5.41) is 0. The molecule has 1 heterocycles. The SMILES string of the molecule is CN(C)S(=O)(=O)c1ccc(NS(=O)(=O)c2ccc(-c3ncc(-c4ccccc4)o3)cc2)cc1. The van der Waals surface area contributed by atoms with Crippen molar-refractivity contribution in [3.05, 3.63) is 85.1 Å². The van der Waals surface area contributed by atoms with E-state index in [1.807, 2.05) is 30.3 Å². The fraction of sp³-hybridized carbons (Fsp3) is 0.0870. The lowest BCUT2D eigenvalue weighted by Gasteiger charge is -2.12. The van der Waals surface area contributed by atoms with E-state index in [0.29, 0.717) is 17.2 Å². The highest BCUT2D eigenvalue weighted by molar-refractivity contribution is 7.92. The molecule has 0 unspecified atom stereocenters. The van der Waals surface area contributed by atoms with E-state index in [-0.39, 0.29) is 15.5 Å². The van der Waals surface area contributed by atoms with Crippen molar-refractivity contribution in [2.45, 2.75) is 9.79 Å². The molecule has 10 heteroatoms. The first-order valence-electron chi connectivity index (χ1n) is 9.84. The predicted molar refractivity (Wildman–Crippen MR) is 125 cm³/mol. The maximum absolute atomic E-state index is 12.8. The molecular formula is C23H21N3O5S2. The number of nitrogens with one attached hydrogen (secondary N) is 1. The van der Waals surface area contributed by atoms with Gasteiger partial charge < -0.3 is 4.42 Å². The normalized spacial score (nSPS) is 12.1. The third kappa shape index (κ3) is 4.82. The van der Waals surface area contributed by atoms with Crippen LogP contribution in [0.15, 0.2) is 99.3 Å². The Kier molecular flexibility index (Phi) is 6.07. The van der Waals surface area contributed by atoms with Gasteiger partial charge in [0.2, 0.25) is 15.9 Å². The molecule has 0 amide bonds. The Morgan fingerprint density at radius 3 is 1.97 bits per heavy atom. The van der Waals surface area contributed by atoms with Crippen LogP contribution in [0.4, 0.5) is 5.69 Å². The minimum Gasteiger partial charge on any atom is -0.436 e. The molecule has 8 nitrogen and oxygen atoms in total. The van der Waals surface area contributed by atoms with Crippen molar-refractivity contribution in [1.82, 2.24) is 9.29 Å². The van der Waals surface area contributed by atoms with Crippen molar-refractivity contribution in [3.8, 4) is 22.8 Å². The summed E-state index contributed by atoms with van der Waals surface area (Å²) in [6.07, 6.45) is 1.62. The van der Waals surface area contributed by atoms with Gasteiger partial charge in [-0.15, -0.1) is 0 Å². The smallest absolute Gasteiger partial charge is 0.261 e. The highest BCUT2D eigenvalue weighted by Gasteiger charge is 2.19. The van der Waals surface area contributed by atoms with E-state index in [9.17, 15) is 16.8 Å². The fourth-order valence-electron chi connectivity index (χ4n) is 3.04. The summed E-state index contributed by atoms with van der Waals surface area (Å²) in [6.45, 7) is 0. The lowest BCUT2D eigenvalue weighted by molar-refractivity contribution is 0.521. The van der Waals surface area contributed by atoms with E-state index < -0.39 is 20.0 Å². The number of rotatable bonds is 7. The Bertz CT molecular complexity index is 1460. The van der Waals surface area contributed by atoms with E-state index in [4.69, 9.17) is 4.42 Å². The van der Waals surface area contributed by atoms with E-state index in [1.165, 1.54) is 50.5 Å². The average Bonchev–Trinajstić information content (AvgIpc) is 3.30. The highest BCUT2D eigenvalue weighted by atomic mass is 32.2. The molecule has 4 rings (SSSR count). The van der Waals surface area contributed by atoms with E-state index in [2.05, 4.69) is 9.71 Å². The van der Waals surface area contributed by atoms with Gasteiger partial charge >= 0.3 is 0 Å². The fourth-order valence-corrected chi connectivity index (χ4v) is 5.00. The van der Waals surface area contributed by atoms with E-state index in [1.54, 1.807) is 18.3 Å². The number of benzene rings is 3. The van der Waals surface area contributed by atoms with Gasteiger partial charge in [-0.25, -0.2) is 26.1 Å². The molecule has 33 heavy (non-hydrogen) atoms. The zero-order valence-corrected chi connectivity index (χ0v) is 19.5. The quantitative estimate of drug-likeness (QED) is 0.425. The van der Waals surface area contributed by atoms with Crippen LogP contribution in [-0.4, -0.2) is 40.2 Å². The summed E-state index contributed by atoms with van der Waals surface area (Å²) >= 11 is 0. The predicted octanol–water partition coefficient (Wildman–Crippen LogP) is 4.06. The van der Waals surface area contributed by atoms with Gasteiger partial charge in [0.05, 0.1) is 16.0 Å². The third-order valence-electron chi connectivity index (χ3n) is 4.86. The molecule has 0 fully saturated rings. The number of aromatic nitrogens is 1. The molecule has 170 valence electrons. The highest BCUT2D eigenvalue weighted by Crippen LogP contribution is 2.27. The molecular weight excluding hydrogens is 462 g/mol. The number of oxazole rings is 1. The first-order chi connectivity index (χ1) is 15.7. The van der Waals surface area contributed by atoms with Gasteiger partial charge in [-0.2, -0.15) is 0 Å². The van der Waals surface area contributed by atoms with Gasteiger partial charge in [-0.05, 0) is 48.5 Å². The van der Waals surface area contributed by atoms with Crippen LogP contribution in [-0.2, 0) is 20.0 Å². The molecule has 0 atom stereocenters. The molecule has 0 aliphatic carbocycles. The van der Waals surface area contributed by atoms with Crippen molar-refractivity contribution >= 4 is 25.7 Å². The minimum absolute atomic E-state index is 0.0473. The number of sulfonamides is 2. The summed E-state index contributed by atoms with van der Waals surface area (Å²) in [4.78, 5) is 4.40. The lowest BCUT2D eigenvalue weighted by Crippen LogP contribution is -2.22. The Labute approximate surface area is 192 Å². The Balaban J connectivity index is 1.51. The van der Waals surface area contributed by atoms with Crippen LogP contribution >= 0.6 is 0 Å². The second-order valence-corrected chi connectivity index (χ2v) is 11.2. The van der Waals surface area contributed by atoms with Crippen LogP contribution in [0, 0.1) is 0 Å². The van der Waals surface area contributed by atoms with Crippen molar-refractivity contribution in [2.24, 2.45) is 0 Å². The number of nitrogens with zero attached hydrogens (tertiary/aromatic N) is 2. The van der Waals surface area contributed by atoms with Crippen LogP contribution in [0.2, 0.25) is 0 Å². The standard InChI is InChI=1S/C23H21N3O5S2/c1-26(2)33(29,30)21-14-10-19(11-15-21)25-32(27,28)20-12-8-18(9-13-20)23-24-16-22(31-23)17-6-4-3-5-7-17/h3-16,25H,1-2H3. The first kappa shape index (κ1) is 22.7. The summed E-state index contributed by atoms with van der Waals surface area (Å²) < 4.78 is 59.2. The Morgan fingerprint density at radius 1 is 0.758 bits per heavy atom. The third-order valence-corrected chi connectivity index (χ3v) is 8.09. The van der Waals surface area contributed by atoms with Crippen molar-refractivity contribution in [2.75, 3.05) is 18.8 Å². The molecule has 3 aromatic carbocycles. The summed E-state index contributed by atoms with van der Waals surface area (Å²) in [5.74, 6) is 0.993. The first-order valence-corrected chi connectivity index (χ1v) is 12.8. The van der Waals surface area contributed by atoms with Gasteiger partial charge in [-0.1, -0.05) is 30.3 Å². The molecule has 0 spiro atoms. The van der Waals surface area contributed by atoms with Crippen molar-refractivity contribution < 1.29 is 21.3 Å². The number of hydrogen-bond donors (Lipinski definition) is 1. The molecule has 0 aliphatic rings. The van der Waals surface area contributed by atoms with Crippen molar-refractivity contribution in [3.63, 3.8) is 0 Å². The maximum atomic E-state index is 12.8. The molecule has 4 aromatic rings. The lowest BCUT2D eigenvalue weighted by atomic mass is 10.2. The van der Waals surface area contributed by atoms with Crippen LogP contribution in [0.1, 0.15) is 0 Å². The van der Waals surface area contributed by atoms with Crippen LogP contribution in [0.25, 0.3) is 22.8 Å². The minimum atomic E-state index is -3.88. The van der Waals surface area contributed by atoms with E-state index in [0.717, 1.165) is 9.87 Å². The van der Waals surface area contributed by atoms with Gasteiger partial charge in [-0.3, -0.25) is 4.72 Å². The Hall–Kier alpha value is -3.47. The second-order valence-electron chi connectivity index (χ2n) is 7.34.